The lowest BCUT2D eigenvalue weighted by Gasteiger charge is -2.15. The first-order valence-corrected chi connectivity index (χ1v) is 10.5. The molecule has 1 amide bonds. The molecule has 4 rings (SSSR count). The molecule has 9 heteroatoms. The zero-order valence-electron chi connectivity index (χ0n) is 15.4. The van der Waals surface area contributed by atoms with Crippen molar-refractivity contribution in [2.24, 2.45) is 0 Å². The maximum absolute atomic E-state index is 12.6. The van der Waals surface area contributed by atoms with Crippen LogP contribution in [0.1, 0.15) is 34.5 Å². The largest absolute Gasteiger partial charge is 0.339 e. The number of rotatable bonds is 5. The van der Waals surface area contributed by atoms with Crippen LogP contribution >= 0.6 is 0 Å². The number of benzene rings is 1. The van der Waals surface area contributed by atoms with Crippen molar-refractivity contribution in [2.45, 2.75) is 31.2 Å². The second kappa shape index (κ2) is 7.33. The summed E-state index contributed by atoms with van der Waals surface area (Å²) in [4.78, 5) is 18.3. The van der Waals surface area contributed by atoms with Crippen molar-refractivity contribution in [3.63, 3.8) is 0 Å². The van der Waals surface area contributed by atoms with Crippen LogP contribution in [-0.4, -0.2) is 42.5 Å². The molecule has 3 aromatic rings. The lowest BCUT2D eigenvalue weighted by Crippen LogP contribution is -2.27. The molecule has 1 aliphatic rings. The van der Waals surface area contributed by atoms with Crippen LogP contribution in [0.2, 0.25) is 0 Å². The molecule has 0 aliphatic carbocycles. The van der Waals surface area contributed by atoms with Crippen LogP contribution in [0.15, 0.2) is 45.9 Å². The normalized spacial score (nSPS) is 14.7. The molecule has 1 fully saturated rings. The molecule has 0 bridgehead atoms. The number of hydrogen-bond donors (Lipinski definition) is 1. The first-order chi connectivity index (χ1) is 13.4. The molecular weight excluding hydrogens is 380 g/mol. The molecule has 0 atom stereocenters. The summed E-state index contributed by atoms with van der Waals surface area (Å²) in [5.41, 5.74) is 2.26. The quantitative estimate of drug-likeness (QED) is 0.704. The first kappa shape index (κ1) is 18.6. The molecule has 1 aliphatic heterocycles. The second-order valence-corrected chi connectivity index (χ2v) is 8.58. The Kier molecular flexibility index (Phi) is 4.86. The van der Waals surface area contributed by atoms with Gasteiger partial charge in [0.25, 0.3) is 11.6 Å². The van der Waals surface area contributed by atoms with Gasteiger partial charge in [0, 0.05) is 25.2 Å². The summed E-state index contributed by atoms with van der Waals surface area (Å²) in [6.07, 6.45) is 3.33. The molecule has 28 heavy (non-hydrogen) atoms. The van der Waals surface area contributed by atoms with Crippen molar-refractivity contribution < 1.29 is 17.7 Å². The van der Waals surface area contributed by atoms with Crippen LogP contribution in [0.4, 0.5) is 0 Å². The Morgan fingerprint density at radius 3 is 2.64 bits per heavy atom. The van der Waals surface area contributed by atoms with E-state index in [1.165, 1.54) is 12.3 Å². The van der Waals surface area contributed by atoms with E-state index in [4.69, 9.17) is 4.52 Å². The van der Waals surface area contributed by atoms with Gasteiger partial charge in [0.15, 0.2) is 0 Å². The number of pyridine rings is 1. The fraction of sp³-hybridized carbons (Fsp3) is 0.316. The maximum Gasteiger partial charge on any atom is 0.257 e. The van der Waals surface area contributed by atoms with E-state index in [1.807, 2.05) is 4.90 Å². The summed E-state index contributed by atoms with van der Waals surface area (Å²) in [6, 6.07) is 8.49. The number of aromatic nitrogens is 2. The van der Waals surface area contributed by atoms with Gasteiger partial charge < -0.3 is 9.42 Å². The van der Waals surface area contributed by atoms with E-state index >= 15 is 0 Å². The molecule has 2 aromatic heterocycles. The van der Waals surface area contributed by atoms with E-state index in [0.717, 1.165) is 31.5 Å². The second-order valence-electron chi connectivity index (χ2n) is 6.81. The van der Waals surface area contributed by atoms with Crippen LogP contribution in [-0.2, 0) is 16.6 Å². The Labute approximate surface area is 162 Å². The summed E-state index contributed by atoms with van der Waals surface area (Å²) >= 11 is 0. The van der Waals surface area contributed by atoms with E-state index < -0.39 is 10.0 Å². The zero-order chi connectivity index (χ0) is 19.7. The Hall–Kier alpha value is -2.78. The minimum absolute atomic E-state index is 0.0214. The lowest BCUT2D eigenvalue weighted by atomic mass is 10.1. The molecule has 0 spiro atoms. The molecule has 1 N–H and O–H groups in total. The van der Waals surface area contributed by atoms with E-state index in [-0.39, 0.29) is 17.3 Å². The lowest BCUT2D eigenvalue weighted by molar-refractivity contribution is 0.0793. The SMILES string of the molecule is Cc1noc2ncc(S(=O)(=O)NCc3ccc(C(=O)N4CCCC4)cc3)cc12. The van der Waals surface area contributed by atoms with Crippen molar-refractivity contribution in [1.29, 1.82) is 0 Å². The third-order valence-corrected chi connectivity index (χ3v) is 6.22. The van der Waals surface area contributed by atoms with Crippen LogP contribution in [0.25, 0.3) is 11.1 Å². The number of amides is 1. The molecule has 0 radical (unpaired) electrons. The standard InChI is InChI=1S/C19H20N4O4S/c1-13-17-10-16(12-20-18(17)27-22-13)28(25,26)21-11-14-4-6-15(7-5-14)19(24)23-8-2-3-9-23/h4-7,10,12,21H,2-3,8-9,11H2,1H3. The average Bonchev–Trinajstić information content (AvgIpc) is 3.37. The number of aryl methyl sites for hydroxylation is 1. The molecule has 3 heterocycles. The van der Waals surface area contributed by atoms with Gasteiger partial charge in [-0.15, -0.1) is 0 Å². The molecule has 0 saturated carbocycles. The van der Waals surface area contributed by atoms with Crippen molar-refractivity contribution in [3.05, 3.63) is 53.3 Å². The van der Waals surface area contributed by atoms with Gasteiger partial charge in [-0.05, 0) is 43.5 Å². The van der Waals surface area contributed by atoms with E-state index in [0.29, 0.717) is 22.4 Å². The number of fused-ring (bicyclic) bond motifs is 1. The Morgan fingerprint density at radius 2 is 1.93 bits per heavy atom. The number of likely N-dealkylation sites (tertiary alicyclic amines) is 1. The molecular formula is C19H20N4O4S. The number of hydrogen-bond acceptors (Lipinski definition) is 6. The minimum Gasteiger partial charge on any atom is -0.339 e. The Morgan fingerprint density at radius 1 is 1.21 bits per heavy atom. The molecule has 8 nitrogen and oxygen atoms in total. The average molecular weight is 400 g/mol. The van der Waals surface area contributed by atoms with Gasteiger partial charge in [-0.2, -0.15) is 0 Å². The number of sulfonamides is 1. The fourth-order valence-electron chi connectivity index (χ4n) is 3.20. The molecule has 1 saturated heterocycles. The third-order valence-electron chi connectivity index (χ3n) is 4.86. The number of nitrogens with zero attached hydrogens (tertiary/aromatic N) is 3. The highest BCUT2D eigenvalue weighted by molar-refractivity contribution is 7.89. The summed E-state index contributed by atoms with van der Waals surface area (Å²) in [5.74, 6) is 0.0214. The van der Waals surface area contributed by atoms with E-state index in [2.05, 4.69) is 14.9 Å². The topological polar surface area (TPSA) is 105 Å². The molecule has 1 aromatic carbocycles. The Balaban J connectivity index is 1.45. The summed E-state index contributed by atoms with van der Waals surface area (Å²) in [7, 11) is -3.74. The van der Waals surface area contributed by atoms with Crippen LogP contribution in [0, 0.1) is 6.92 Å². The summed E-state index contributed by atoms with van der Waals surface area (Å²) in [5, 5.41) is 4.34. The Bertz CT molecular complexity index is 1120. The minimum atomic E-state index is -3.74. The fourth-order valence-corrected chi connectivity index (χ4v) is 4.19. The van der Waals surface area contributed by atoms with Crippen molar-refractivity contribution in [3.8, 4) is 0 Å². The van der Waals surface area contributed by atoms with Crippen molar-refractivity contribution in [1.82, 2.24) is 19.8 Å². The molecule has 146 valence electrons. The summed E-state index contributed by atoms with van der Waals surface area (Å²) in [6.45, 7) is 3.43. The predicted molar refractivity (Wildman–Crippen MR) is 102 cm³/mol. The first-order valence-electron chi connectivity index (χ1n) is 9.04. The van der Waals surface area contributed by atoms with Crippen LogP contribution in [0.3, 0.4) is 0 Å². The highest BCUT2D eigenvalue weighted by Crippen LogP contribution is 2.20. The summed E-state index contributed by atoms with van der Waals surface area (Å²) < 4.78 is 32.7. The van der Waals surface area contributed by atoms with Gasteiger partial charge in [-0.1, -0.05) is 17.3 Å². The van der Waals surface area contributed by atoms with Gasteiger partial charge in [-0.3, -0.25) is 4.79 Å². The smallest absolute Gasteiger partial charge is 0.257 e. The monoisotopic (exact) mass is 400 g/mol. The van der Waals surface area contributed by atoms with E-state index in [1.54, 1.807) is 31.2 Å². The number of carbonyl (C=O) groups is 1. The van der Waals surface area contributed by atoms with E-state index in [9.17, 15) is 13.2 Å². The predicted octanol–water partition coefficient (Wildman–Crippen LogP) is 2.25. The maximum atomic E-state index is 12.6. The highest BCUT2D eigenvalue weighted by atomic mass is 32.2. The third kappa shape index (κ3) is 3.63. The van der Waals surface area contributed by atoms with Crippen LogP contribution in [0.5, 0.6) is 0 Å². The zero-order valence-corrected chi connectivity index (χ0v) is 16.2. The van der Waals surface area contributed by atoms with Crippen molar-refractivity contribution >= 4 is 27.0 Å². The highest BCUT2D eigenvalue weighted by Gasteiger charge is 2.20. The number of nitrogens with one attached hydrogen (secondary N) is 1. The van der Waals surface area contributed by atoms with Crippen LogP contribution < -0.4 is 4.72 Å². The van der Waals surface area contributed by atoms with Crippen molar-refractivity contribution in [2.75, 3.05) is 13.1 Å². The van der Waals surface area contributed by atoms with Gasteiger partial charge in [-0.25, -0.2) is 18.1 Å². The van der Waals surface area contributed by atoms with Gasteiger partial charge >= 0.3 is 0 Å². The molecule has 0 unspecified atom stereocenters. The number of carbonyl (C=O) groups excluding carboxylic acids is 1. The van der Waals surface area contributed by atoms with Gasteiger partial charge in [0.2, 0.25) is 10.0 Å². The van der Waals surface area contributed by atoms with Gasteiger partial charge in [0.05, 0.1) is 17.3 Å². The van der Waals surface area contributed by atoms with Gasteiger partial charge in [0.1, 0.15) is 4.90 Å².